The molecule has 1 heterocycles. The van der Waals surface area contributed by atoms with E-state index in [1.165, 1.54) is 0 Å². The van der Waals surface area contributed by atoms with E-state index in [1.807, 2.05) is 13.8 Å². The Hall–Kier alpha value is -1.65. The van der Waals surface area contributed by atoms with Gasteiger partial charge in [-0.05, 0) is 45.2 Å². The molecule has 1 saturated heterocycles. The topological polar surface area (TPSA) is 46.3 Å². The van der Waals surface area contributed by atoms with Crippen molar-refractivity contribution in [3.05, 3.63) is 29.3 Å². The van der Waals surface area contributed by atoms with E-state index in [2.05, 4.69) is 0 Å². The number of halogens is 2. The molecule has 0 aromatic heterocycles. The van der Waals surface area contributed by atoms with Gasteiger partial charge in [0.2, 0.25) is 0 Å². The first kappa shape index (κ1) is 13.8. The first-order valence-corrected chi connectivity index (χ1v) is 6.49. The number of hydrogen-bond acceptors (Lipinski definition) is 2. The van der Waals surface area contributed by atoms with Crippen LogP contribution in [0.25, 0.3) is 0 Å². The monoisotopic (exact) mass is 268 g/mol. The van der Waals surface area contributed by atoms with Gasteiger partial charge in [0, 0.05) is 12.1 Å². The van der Waals surface area contributed by atoms with Crippen molar-refractivity contribution >= 4 is 11.6 Å². The summed E-state index contributed by atoms with van der Waals surface area (Å²) in [5.41, 5.74) is 4.76. The molecule has 1 aromatic rings. The van der Waals surface area contributed by atoms with Crippen LogP contribution in [0.5, 0.6) is 0 Å². The highest BCUT2D eigenvalue weighted by molar-refractivity contribution is 5.96. The molecule has 0 bridgehead atoms. The van der Waals surface area contributed by atoms with Crippen LogP contribution >= 0.6 is 0 Å². The lowest BCUT2D eigenvalue weighted by atomic mass is 9.96. The van der Waals surface area contributed by atoms with Crippen LogP contribution in [0.2, 0.25) is 0 Å². The number of amides is 1. The molecule has 1 aliphatic heterocycles. The van der Waals surface area contributed by atoms with Crippen molar-refractivity contribution in [2.75, 3.05) is 5.73 Å². The number of hydrogen-bond donors (Lipinski definition) is 1. The van der Waals surface area contributed by atoms with E-state index in [1.54, 1.807) is 4.90 Å². The smallest absolute Gasteiger partial charge is 0.257 e. The zero-order valence-corrected chi connectivity index (χ0v) is 11.1. The lowest BCUT2D eigenvalue weighted by Crippen LogP contribution is -2.47. The van der Waals surface area contributed by atoms with E-state index in [9.17, 15) is 13.6 Å². The molecule has 1 amide bonds. The van der Waals surface area contributed by atoms with Crippen LogP contribution in [0, 0.1) is 11.6 Å². The van der Waals surface area contributed by atoms with E-state index >= 15 is 0 Å². The van der Waals surface area contributed by atoms with Crippen molar-refractivity contribution in [2.24, 2.45) is 0 Å². The fraction of sp³-hybridized carbons (Fsp3) is 0.500. The SMILES string of the molecule is C[C@@H]1CCC[C@H](C)N1C(=O)c1cc(F)cc(N)c1F. The number of likely N-dealkylation sites (tertiary alicyclic amines) is 1. The number of nitrogens with zero attached hydrogens (tertiary/aromatic N) is 1. The number of rotatable bonds is 1. The Balaban J connectivity index is 2.38. The third kappa shape index (κ3) is 2.55. The van der Waals surface area contributed by atoms with Gasteiger partial charge >= 0.3 is 0 Å². The van der Waals surface area contributed by atoms with Crippen molar-refractivity contribution in [1.29, 1.82) is 0 Å². The summed E-state index contributed by atoms with van der Waals surface area (Å²) >= 11 is 0. The van der Waals surface area contributed by atoms with E-state index in [0.717, 1.165) is 31.4 Å². The van der Waals surface area contributed by atoms with Gasteiger partial charge in [-0.3, -0.25) is 4.79 Å². The average molecular weight is 268 g/mol. The third-order valence-corrected chi connectivity index (χ3v) is 3.72. The summed E-state index contributed by atoms with van der Waals surface area (Å²) in [5, 5.41) is 0. The molecule has 2 rings (SSSR count). The lowest BCUT2D eigenvalue weighted by molar-refractivity contribution is 0.0505. The molecule has 2 N–H and O–H groups in total. The number of nitrogens with two attached hydrogens (primary N) is 1. The maximum Gasteiger partial charge on any atom is 0.257 e. The molecule has 19 heavy (non-hydrogen) atoms. The van der Waals surface area contributed by atoms with Crippen LogP contribution in [0.1, 0.15) is 43.5 Å². The van der Waals surface area contributed by atoms with Gasteiger partial charge in [0.15, 0.2) is 5.82 Å². The van der Waals surface area contributed by atoms with E-state index in [0.29, 0.717) is 0 Å². The molecule has 5 heteroatoms. The van der Waals surface area contributed by atoms with Gasteiger partial charge in [-0.2, -0.15) is 0 Å². The predicted octanol–water partition coefficient (Wildman–Crippen LogP) is 2.95. The minimum Gasteiger partial charge on any atom is -0.396 e. The van der Waals surface area contributed by atoms with Crippen molar-refractivity contribution in [1.82, 2.24) is 4.90 Å². The van der Waals surface area contributed by atoms with Crippen LogP contribution in [-0.4, -0.2) is 22.9 Å². The summed E-state index contributed by atoms with van der Waals surface area (Å²) in [6.45, 7) is 3.85. The van der Waals surface area contributed by atoms with Gasteiger partial charge in [-0.15, -0.1) is 0 Å². The van der Waals surface area contributed by atoms with Crippen molar-refractivity contribution in [2.45, 2.75) is 45.2 Å². The molecule has 3 nitrogen and oxygen atoms in total. The highest BCUT2D eigenvalue weighted by atomic mass is 19.1. The second-order valence-corrected chi connectivity index (χ2v) is 5.20. The molecule has 0 aliphatic carbocycles. The standard InChI is InChI=1S/C14H18F2N2O/c1-8-4-3-5-9(2)18(8)14(19)11-6-10(15)7-12(17)13(11)16/h6-9H,3-5,17H2,1-2H3/t8-,9+. The maximum absolute atomic E-state index is 13.9. The van der Waals surface area contributed by atoms with E-state index < -0.39 is 17.5 Å². The lowest BCUT2D eigenvalue weighted by Gasteiger charge is -2.39. The fourth-order valence-corrected chi connectivity index (χ4v) is 2.73. The summed E-state index contributed by atoms with van der Waals surface area (Å²) in [6.07, 6.45) is 2.80. The van der Waals surface area contributed by atoms with Crippen molar-refractivity contribution < 1.29 is 13.6 Å². The zero-order valence-electron chi connectivity index (χ0n) is 11.1. The number of carbonyl (C=O) groups excluding carboxylic acids is 1. The third-order valence-electron chi connectivity index (χ3n) is 3.72. The zero-order chi connectivity index (χ0) is 14.2. The van der Waals surface area contributed by atoms with Gasteiger partial charge in [-0.1, -0.05) is 0 Å². The summed E-state index contributed by atoms with van der Waals surface area (Å²) in [7, 11) is 0. The molecule has 0 spiro atoms. The van der Waals surface area contributed by atoms with Crippen molar-refractivity contribution in [3.8, 4) is 0 Å². The van der Waals surface area contributed by atoms with Gasteiger partial charge in [-0.25, -0.2) is 8.78 Å². The summed E-state index contributed by atoms with van der Waals surface area (Å²) in [4.78, 5) is 14.0. The number of piperidine rings is 1. The number of anilines is 1. The molecule has 0 radical (unpaired) electrons. The van der Waals surface area contributed by atoms with Gasteiger partial charge in [0.25, 0.3) is 5.91 Å². The Morgan fingerprint density at radius 1 is 1.26 bits per heavy atom. The molecule has 1 aromatic carbocycles. The largest absolute Gasteiger partial charge is 0.396 e. The molecule has 0 saturated carbocycles. The maximum atomic E-state index is 13.9. The number of nitrogen functional groups attached to an aromatic ring is 1. The first-order chi connectivity index (χ1) is 8.91. The normalized spacial score (nSPS) is 23.5. The minimum atomic E-state index is -0.837. The first-order valence-electron chi connectivity index (χ1n) is 6.49. The Labute approximate surface area is 111 Å². The van der Waals surface area contributed by atoms with Gasteiger partial charge in [0.1, 0.15) is 5.82 Å². The number of carbonyl (C=O) groups is 1. The van der Waals surface area contributed by atoms with E-state index in [4.69, 9.17) is 5.73 Å². The van der Waals surface area contributed by atoms with Gasteiger partial charge < -0.3 is 10.6 Å². The molecule has 0 unspecified atom stereocenters. The van der Waals surface area contributed by atoms with Crippen LogP contribution in [-0.2, 0) is 0 Å². The highest BCUT2D eigenvalue weighted by Gasteiger charge is 2.31. The molecule has 1 fully saturated rings. The Kier molecular flexibility index (Phi) is 3.73. The highest BCUT2D eigenvalue weighted by Crippen LogP contribution is 2.27. The number of benzene rings is 1. The van der Waals surface area contributed by atoms with Gasteiger partial charge in [0.05, 0.1) is 11.3 Å². The quantitative estimate of drug-likeness (QED) is 0.796. The predicted molar refractivity (Wildman–Crippen MR) is 69.7 cm³/mol. The van der Waals surface area contributed by atoms with Crippen LogP contribution < -0.4 is 5.73 Å². The molecule has 104 valence electrons. The summed E-state index contributed by atoms with van der Waals surface area (Å²) < 4.78 is 27.2. The molecule has 2 atom stereocenters. The summed E-state index contributed by atoms with van der Waals surface area (Å²) in [5.74, 6) is -2.01. The van der Waals surface area contributed by atoms with Crippen molar-refractivity contribution in [3.63, 3.8) is 0 Å². The minimum absolute atomic E-state index is 0.0279. The van der Waals surface area contributed by atoms with E-state index in [-0.39, 0.29) is 23.3 Å². The van der Waals surface area contributed by atoms with Crippen LogP contribution in [0.15, 0.2) is 12.1 Å². The summed E-state index contributed by atoms with van der Waals surface area (Å²) in [6, 6.07) is 1.86. The Bertz CT molecular complexity index is 494. The molecular weight excluding hydrogens is 250 g/mol. The second kappa shape index (κ2) is 5.15. The van der Waals surface area contributed by atoms with Crippen LogP contribution in [0.3, 0.4) is 0 Å². The Morgan fingerprint density at radius 2 is 1.84 bits per heavy atom. The fourth-order valence-electron chi connectivity index (χ4n) is 2.73. The second-order valence-electron chi connectivity index (χ2n) is 5.20. The van der Waals surface area contributed by atoms with Crippen LogP contribution in [0.4, 0.5) is 14.5 Å². The molecular formula is C14H18F2N2O. The molecule has 1 aliphatic rings. The Morgan fingerprint density at radius 3 is 2.42 bits per heavy atom. The average Bonchev–Trinajstić information content (AvgIpc) is 2.33.